The molecule has 1 saturated heterocycles. The molecule has 1 aromatic heterocycles. The van der Waals surface area contributed by atoms with Gasteiger partial charge in [-0.1, -0.05) is 47.4 Å². The molecule has 8 nitrogen and oxygen atoms in total. The normalized spacial score (nSPS) is 19.5. The average Bonchev–Trinajstić information content (AvgIpc) is 3.49. The number of aromatic amines is 1. The van der Waals surface area contributed by atoms with Gasteiger partial charge >= 0.3 is 17.2 Å². The minimum absolute atomic E-state index is 0.0902. The second kappa shape index (κ2) is 11.7. The first-order valence-corrected chi connectivity index (χ1v) is 15.0. The number of alkyl halides is 6. The molecule has 238 valence electrons. The van der Waals surface area contributed by atoms with Gasteiger partial charge < -0.3 is 15.0 Å². The van der Waals surface area contributed by atoms with Gasteiger partial charge in [0.2, 0.25) is 11.8 Å². The molecule has 1 fully saturated rings. The van der Waals surface area contributed by atoms with Crippen molar-refractivity contribution in [3.63, 3.8) is 0 Å². The Hall–Kier alpha value is -4.57. The van der Waals surface area contributed by atoms with E-state index in [0.29, 0.717) is 15.5 Å². The van der Waals surface area contributed by atoms with Gasteiger partial charge in [0.25, 0.3) is 5.91 Å². The number of nitrogens with zero attached hydrogens (tertiary/aromatic N) is 1. The fourth-order valence-corrected chi connectivity index (χ4v) is 7.88. The van der Waals surface area contributed by atoms with Gasteiger partial charge in [-0.15, -0.1) is 0 Å². The lowest BCUT2D eigenvalue weighted by Crippen LogP contribution is -2.32. The van der Waals surface area contributed by atoms with Crippen LogP contribution in [-0.2, 0) is 26.7 Å². The van der Waals surface area contributed by atoms with Crippen LogP contribution < -0.4 is 19.8 Å². The number of halogens is 6. The van der Waals surface area contributed by atoms with E-state index in [1.54, 1.807) is 12.1 Å². The fourth-order valence-electron chi connectivity index (χ4n) is 5.37. The highest BCUT2D eigenvalue weighted by Crippen LogP contribution is 2.53. The number of carbonyl (C=O) groups is 3. The van der Waals surface area contributed by atoms with Crippen LogP contribution in [0.5, 0.6) is 5.75 Å². The molecule has 0 aliphatic carbocycles. The Balaban J connectivity index is 1.27. The van der Waals surface area contributed by atoms with Gasteiger partial charge in [0.15, 0.2) is 6.61 Å². The van der Waals surface area contributed by atoms with Crippen molar-refractivity contribution in [1.29, 1.82) is 0 Å². The molecule has 16 heteroatoms. The SMILES string of the molecule is O=C(COc1cccc([C@H]2c3sc(=O)[nH]c3SC3C(=O)N(c4cccc(C(F)(F)F)c4)C(=O)C32)c1)Nc1cccc(C(F)(F)F)c1. The molecular weight excluding hydrogens is 660 g/mol. The monoisotopic (exact) mass is 679 g/mol. The van der Waals surface area contributed by atoms with Crippen LogP contribution in [0.3, 0.4) is 0 Å². The van der Waals surface area contributed by atoms with E-state index in [1.807, 2.05) is 0 Å². The number of amides is 3. The number of hydrogen-bond acceptors (Lipinski definition) is 7. The van der Waals surface area contributed by atoms with Crippen LogP contribution in [0, 0.1) is 5.92 Å². The third kappa shape index (κ3) is 6.01. The summed E-state index contributed by atoms with van der Waals surface area (Å²) in [5, 5.41) is 1.62. The van der Waals surface area contributed by atoms with Crippen LogP contribution in [0.4, 0.5) is 37.7 Å². The standard InChI is InChI=1S/C30H19F6N3O5S2/c31-29(32,33)15-5-2-7-17(11-15)37-20(40)13-44-19-9-1-4-14(10-19)21-22-24(45-25-23(21)46-28(43)38-25)27(42)39(26(22)41)18-8-3-6-16(12-18)30(34,35)36/h1-12,21-22,24H,13H2,(H,37,40)(H,38,43)/t21-,22?,24?/m1/s1. The fraction of sp³-hybridized carbons (Fsp3) is 0.200. The van der Waals surface area contributed by atoms with Crippen molar-refractivity contribution in [2.45, 2.75) is 28.5 Å². The van der Waals surface area contributed by atoms with E-state index in [0.717, 1.165) is 64.4 Å². The maximum Gasteiger partial charge on any atom is 0.416 e. The number of thiazole rings is 1. The number of thioether (sulfide) groups is 1. The lowest BCUT2D eigenvalue weighted by molar-refractivity contribution is -0.138. The molecule has 2 aliphatic heterocycles. The van der Waals surface area contributed by atoms with Gasteiger partial charge in [0, 0.05) is 16.5 Å². The Morgan fingerprint density at radius 1 is 0.870 bits per heavy atom. The predicted molar refractivity (Wildman–Crippen MR) is 156 cm³/mol. The van der Waals surface area contributed by atoms with Crippen molar-refractivity contribution in [2.75, 3.05) is 16.8 Å². The Morgan fingerprint density at radius 3 is 2.26 bits per heavy atom. The molecule has 46 heavy (non-hydrogen) atoms. The van der Waals surface area contributed by atoms with Crippen molar-refractivity contribution < 1.29 is 45.5 Å². The first-order valence-electron chi connectivity index (χ1n) is 13.4. The van der Waals surface area contributed by atoms with Crippen LogP contribution in [0.1, 0.15) is 27.5 Å². The summed E-state index contributed by atoms with van der Waals surface area (Å²) in [6, 6.07) is 14.1. The second-order valence-corrected chi connectivity index (χ2v) is 12.5. The van der Waals surface area contributed by atoms with E-state index in [4.69, 9.17) is 4.74 Å². The molecule has 2 aliphatic rings. The van der Waals surface area contributed by atoms with Gasteiger partial charge in [0.1, 0.15) is 11.0 Å². The zero-order valence-electron chi connectivity index (χ0n) is 22.9. The van der Waals surface area contributed by atoms with Crippen LogP contribution in [0.15, 0.2) is 82.6 Å². The van der Waals surface area contributed by atoms with Gasteiger partial charge in [-0.05, 0) is 54.1 Å². The summed E-state index contributed by atoms with van der Waals surface area (Å²) >= 11 is 1.78. The molecule has 3 amide bonds. The second-order valence-electron chi connectivity index (χ2n) is 10.3. The first kappa shape index (κ1) is 31.4. The summed E-state index contributed by atoms with van der Waals surface area (Å²) in [5.41, 5.74) is -1.88. The molecule has 3 atom stereocenters. The quantitative estimate of drug-likeness (QED) is 0.183. The van der Waals surface area contributed by atoms with Crippen molar-refractivity contribution in [2.24, 2.45) is 5.92 Å². The minimum Gasteiger partial charge on any atom is -0.484 e. The summed E-state index contributed by atoms with van der Waals surface area (Å²) < 4.78 is 84.9. The van der Waals surface area contributed by atoms with Crippen LogP contribution in [-0.4, -0.2) is 34.6 Å². The van der Waals surface area contributed by atoms with E-state index < -0.39 is 69.8 Å². The van der Waals surface area contributed by atoms with E-state index in [2.05, 4.69) is 10.3 Å². The Bertz CT molecular complexity index is 1920. The topological polar surface area (TPSA) is 109 Å². The molecule has 2 unspecified atom stereocenters. The maximum absolute atomic E-state index is 13.8. The largest absolute Gasteiger partial charge is 0.484 e. The Kier molecular flexibility index (Phi) is 7.96. The Labute approximate surface area is 263 Å². The van der Waals surface area contributed by atoms with Crippen LogP contribution in [0.2, 0.25) is 0 Å². The summed E-state index contributed by atoms with van der Waals surface area (Å²) in [5.74, 6) is -4.06. The predicted octanol–water partition coefficient (Wildman–Crippen LogP) is 6.29. The molecule has 2 N–H and O–H groups in total. The molecule has 0 spiro atoms. The van der Waals surface area contributed by atoms with Crippen molar-refractivity contribution >= 4 is 52.2 Å². The van der Waals surface area contributed by atoms with Crippen molar-refractivity contribution in [1.82, 2.24) is 4.98 Å². The number of hydrogen-bond donors (Lipinski definition) is 2. The highest BCUT2D eigenvalue weighted by atomic mass is 32.2. The summed E-state index contributed by atoms with van der Waals surface area (Å²) in [6.45, 7) is -0.588. The van der Waals surface area contributed by atoms with Gasteiger partial charge in [0.05, 0.1) is 27.8 Å². The molecule has 4 aromatic rings. The zero-order valence-corrected chi connectivity index (χ0v) is 24.6. The summed E-state index contributed by atoms with van der Waals surface area (Å²) in [7, 11) is 0. The number of fused-ring (bicyclic) bond motifs is 2. The number of anilines is 2. The highest BCUT2D eigenvalue weighted by molar-refractivity contribution is 8.00. The first-order chi connectivity index (χ1) is 21.7. The molecule has 0 radical (unpaired) electrons. The molecule has 3 heterocycles. The summed E-state index contributed by atoms with van der Waals surface area (Å²) in [6.07, 6.45) is -9.31. The lowest BCUT2D eigenvalue weighted by Gasteiger charge is -2.30. The van der Waals surface area contributed by atoms with Gasteiger partial charge in [-0.3, -0.25) is 19.2 Å². The molecule has 0 saturated carbocycles. The van der Waals surface area contributed by atoms with Gasteiger partial charge in [-0.25, -0.2) is 4.90 Å². The van der Waals surface area contributed by atoms with E-state index in [-0.39, 0.29) is 17.1 Å². The third-order valence-corrected chi connectivity index (χ3v) is 9.72. The third-order valence-electron chi connectivity index (χ3n) is 7.32. The number of imide groups is 1. The smallest absolute Gasteiger partial charge is 0.416 e. The maximum atomic E-state index is 13.8. The number of rotatable bonds is 6. The van der Waals surface area contributed by atoms with Crippen LogP contribution >= 0.6 is 23.1 Å². The number of ether oxygens (including phenoxy) is 1. The van der Waals surface area contributed by atoms with Crippen molar-refractivity contribution in [3.05, 3.63) is 104 Å². The van der Waals surface area contributed by atoms with E-state index >= 15 is 0 Å². The minimum atomic E-state index is -4.71. The van der Waals surface area contributed by atoms with E-state index in [9.17, 15) is 45.5 Å². The highest BCUT2D eigenvalue weighted by Gasteiger charge is 2.56. The van der Waals surface area contributed by atoms with Gasteiger partial charge in [-0.2, -0.15) is 26.3 Å². The van der Waals surface area contributed by atoms with E-state index in [1.165, 1.54) is 24.3 Å². The zero-order chi connectivity index (χ0) is 33.0. The Morgan fingerprint density at radius 2 is 1.54 bits per heavy atom. The van der Waals surface area contributed by atoms with Crippen LogP contribution in [0.25, 0.3) is 0 Å². The average molecular weight is 680 g/mol. The number of aromatic nitrogens is 1. The number of benzene rings is 3. The molecule has 3 aromatic carbocycles. The number of H-pyrrole nitrogens is 1. The lowest BCUT2D eigenvalue weighted by atomic mass is 9.83. The van der Waals surface area contributed by atoms with Crippen molar-refractivity contribution in [3.8, 4) is 5.75 Å². The number of carbonyl (C=O) groups excluding carboxylic acids is 3. The molecule has 6 rings (SSSR count). The molecule has 0 bridgehead atoms. The molecular formula is C30H19F6N3O5S2. The summed E-state index contributed by atoms with van der Waals surface area (Å²) in [4.78, 5) is 55.6. The number of nitrogens with one attached hydrogen (secondary N) is 2.